The number of ether oxygens (including phenoxy) is 3. The van der Waals surface area contributed by atoms with E-state index in [1.807, 2.05) is 13.8 Å². The standard InChI is InChI=1S/C32H33F6NO5/c1-4-6-18-43-30(41)22-10-8-20(9-11-22)25(7-5-2)28(21-12-15-24(16-13-21)44-32(36,37)38)39-29(40)26-17-14-23(31(33,34)35)19-27(26)42-3/h8-17,19,25,28H,4-7,18H2,1-3H3,(H,39,40). The van der Waals surface area contributed by atoms with Crippen LogP contribution >= 0.6 is 0 Å². The number of esters is 1. The number of halogens is 6. The second-order valence-electron chi connectivity index (χ2n) is 9.99. The molecule has 1 amide bonds. The van der Waals surface area contributed by atoms with Gasteiger partial charge in [0.15, 0.2) is 0 Å². The Morgan fingerprint density at radius 2 is 1.48 bits per heavy atom. The molecule has 0 saturated heterocycles. The molecule has 0 aliphatic heterocycles. The Hall–Kier alpha value is -4.22. The highest BCUT2D eigenvalue weighted by Gasteiger charge is 2.34. The van der Waals surface area contributed by atoms with Crippen molar-refractivity contribution in [3.05, 3.63) is 94.5 Å². The molecule has 0 aliphatic carbocycles. The van der Waals surface area contributed by atoms with Crippen LogP contribution in [0.1, 0.15) is 88.9 Å². The van der Waals surface area contributed by atoms with E-state index in [0.29, 0.717) is 29.5 Å². The van der Waals surface area contributed by atoms with Gasteiger partial charge in [0, 0.05) is 5.92 Å². The number of carbonyl (C=O) groups excluding carboxylic acids is 2. The van der Waals surface area contributed by atoms with E-state index >= 15 is 0 Å². The maximum Gasteiger partial charge on any atom is 0.573 e. The number of benzene rings is 3. The van der Waals surface area contributed by atoms with Gasteiger partial charge < -0.3 is 19.5 Å². The molecule has 3 aromatic rings. The Bertz CT molecular complexity index is 1390. The van der Waals surface area contributed by atoms with Crippen LogP contribution in [-0.2, 0) is 10.9 Å². The van der Waals surface area contributed by atoms with Crippen LogP contribution in [0.25, 0.3) is 0 Å². The average molecular weight is 626 g/mol. The third-order valence-electron chi connectivity index (χ3n) is 6.84. The quantitative estimate of drug-likeness (QED) is 0.117. The topological polar surface area (TPSA) is 73.9 Å². The highest BCUT2D eigenvalue weighted by molar-refractivity contribution is 5.97. The molecule has 1 N–H and O–H groups in total. The van der Waals surface area contributed by atoms with Crippen LogP contribution in [0.5, 0.6) is 11.5 Å². The van der Waals surface area contributed by atoms with Crippen LogP contribution in [0, 0.1) is 0 Å². The largest absolute Gasteiger partial charge is 0.573 e. The number of amides is 1. The van der Waals surface area contributed by atoms with E-state index in [4.69, 9.17) is 9.47 Å². The molecule has 2 atom stereocenters. The number of unbranched alkanes of at least 4 members (excludes halogenated alkanes) is 1. The van der Waals surface area contributed by atoms with Gasteiger partial charge in [-0.2, -0.15) is 13.2 Å². The minimum atomic E-state index is -4.90. The maximum atomic E-state index is 13.5. The first kappa shape index (κ1) is 34.3. The van der Waals surface area contributed by atoms with Crippen molar-refractivity contribution in [2.75, 3.05) is 13.7 Å². The van der Waals surface area contributed by atoms with Crippen LogP contribution < -0.4 is 14.8 Å². The first-order valence-corrected chi connectivity index (χ1v) is 14.0. The van der Waals surface area contributed by atoms with Gasteiger partial charge >= 0.3 is 18.5 Å². The van der Waals surface area contributed by atoms with Crippen LogP contribution in [0.15, 0.2) is 66.7 Å². The Morgan fingerprint density at radius 3 is 2.02 bits per heavy atom. The molecular formula is C32H33F6NO5. The van der Waals surface area contributed by atoms with Crippen molar-refractivity contribution in [1.29, 1.82) is 0 Å². The molecule has 6 nitrogen and oxygen atoms in total. The van der Waals surface area contributed by atoms with E-state index in [2.05, 4.69) is 10.1 Å². The number of methoxy groups -OCH3 is 1. The molecule has 0 fully saturated rings. The van der Waals surface area contributed by atoms with Gasteiger partial charge in [0.1, 0.15) is 11.5 Å². The molecule has 3 rings (SSSR count). The summed E-state index contributed by atoms with van der Waals surface area (Å²) >= 11 is 0. The Balaban J connectivity index is 2.01. The van der Waals surface area contributed by atoms with Crippen LogP contribution in [0.4, 0.5) is 26.3 Å². The van der Waals surface area contributed by atoms with E-state index < -0.39 is 47.7 Å². The zero-order valence-electron chi connectivity index (χ0n) is 24.4. The lowest BCUT2D eigenvalue weighted by Crippen LogP contribution is -2.33. The highest BCUT2D eigenvalue weighted by Crippen LogP contribution is 2.38. The number of hydrogen-bond acceptors (Lipinski definition) is 5. The van der Waals surface area contributed by atoms with Crippen molar-refractivity contribution in [2.24, 2.45) is 0 Å². The Morgan fingerprint density at radius 1 is 0.841 bits per heavy atom. The normalized spacial score (nSPS) is 13.1. The smallest absolute Gasteiger partial charge is 0.496 e. The summed E-state index contributed by atoms with van der Waals surface area (Å²) in [5.74, 6) is -2.47. The van der Waals surface area contributed by atoms with Gasteiger partial charge in [0.05, 0.1) is 36.4 Å². The maximum absolute atomic E-state index is 13.5. The lowest BCUT2D eigenvalue weighted by Gasteiger charge is -2.29. The lowest BCUT2D eigenvalue weighted by atomic mass is 9.83. The van der Waals surface area contributed by atoms with Gasteiger partial charge in [-0.05, 0) is 66.4 Å². The predicted octanol–water partition coefficient (Wildman–Crippen LogP) is 8.62. The Labute approximate surface area is 251 Å². The number of nitrogens with one attached hydrogen (secondary N) is 1. The molecule has 12 heteroatoms. The molecular weight excluding hydrogens is 592 g/mol. The van der Waals surface area contributed by atoms with Crippen LogP contribution in [0.2, 0.25) is 0 Å². The minimum Gasteiger partial charge on any atom is -0.496 e. The summed E-state index contributed by atoms with van der Waals surface area (Å²) in [6, 6.07) is 13.2. The zero-order chi connectivity index (χ0) is 32.5. The monoisotopic (exact) mass is 625 g/mol. The van der Waals surface area contributed by atoms with Crippen LogP contribution in [-0.4, -0.2) is 32.0 Å². The van der Waals surface area contributed by atoms with Gasteiger partial charge in [-0.25, -0.2) is 4.79 Å². The first-order valence-electron chi connectivity index (χ1n) is 14.0. The summed E-state index contributed by atoms with van der Waals surface area (Å²) in [7, 11) is 1.14. The summed E-state index contributed by atoms with van der Waals surface area (Å²) in [6.45, 7) is 4.16. The summed E-state index contributed by atoms with van der Waals surface area (Å²) < 4.78 is 92.4. The van der Waals surface area contributed by atoms with Crippen molar-refractivity contribution in [1.82, 2.24) is 5.32 Å². The summed E-state index contributed by atoms with van der Waals surface area (Å²) in [4.78, 5) is 25.9. The van der Waals surface area contributed by atoms with Crippen molar-refractivity contribution >= 4 is 11.9 Å². The summed E-state index contributed by atoms with van der Waals surface area (Å²) in [6.07, 6.45) is -6.85. The molecule has 238 valence electrons. The fourth-order valence-electron chi connectivity index (χ4n) is 4.66. The zero-order valence-corrected chi connectivity index (χ0v) is 24.4. The van der Waals surface area contributed by atoms with Crippen molar-refractivity contribution in [3.8, 4) is 11.5 Å². The fourth-order valence-corrected chi connectivity index (χ4v) is 4.66. The second kappa shape index (κ2) is 15.0. The van der Waals surface area contributed by atoms with Gasteiger partial charge in [0.2, 0.25) is 0 Å². The van der Waals surface area contributed by atoms with Gasteiger partial charge in [-0.3, -0.25) is 4.79 Å². The molecule has 0 saturated carbocycles. The van der Waals surface area contributed by atoms with Gasteiger partial charge in [-0.1, -0.05) is 51.0 Å². The van der Waals surface area contributed by atoms with Crippen molar-refractivity contribution < 1.29 is 50.1 Å². The molecule has 3 aromatic carbocycles. The van der Waals surface area contributed by atoms with E-state index in [1.54, 1.807) is 24.3 Å². The average Bonchev–Trinajstić information content (AvgIpc) is 2.98. The second-order valence-corrected chi connectivity index (χ2v) is 9.99. The van der Waals surface area contributed by atoms with Gasteiger partial charge in [0.25, 0.3) is 5.91 Å². The van der Waals surface area contributed by atoms with E-state index in [0.717, 1.165) is 50.3 Å². The fraction of sp³-hybridized carbons (Fsp3) is 0.375. The van der Waals surface area contributed by atoms with E-state index in [1.165, 1.54) is 12.1 Å². The number of rotatable bonds is 13. The van der Waals surface area contributed by atoms with Crippen LogP contribution in [0.3, 0.4) is 0 Å². The first-order chi connectivity index (χ1) is 20.8. The molecule has 0 aliphatic rings. The Kier molecular flexibility index (Phi) is 11.7. The molecule has 0 aromatic heterocycles. The number of hydrogen-bond donors (Lipinski definition) is 1. The summed E-state index contributed by atoms with van der Waals surface area (Å²) in [5.41, 5.74) is 0.282. The lowest BCUT2D eigenvalue weighted by molar-refractivity contribution is -0.274. The highest BCUT2D eigenvalue weighted by atomic mass is 19.4. The molecule has 0 bridgehead atoms. The molecule has 44 heavy (non-hydrogen) atoms. The SMILES string of the molecule is CCCCOC(=O)c1ccc(C(CCC)C(NC(=O)c2ccc(C(F)(F)F)cc2OC)c2ccc(OC(F)(F)F)cc2)cc1. The minimum absolute atomic E-state index is 0.164. The van der Waals surface area contributed by atoms with Crippen molar-refractivity contribution in [3.63, 3.8) is 0 Å². The predicted molar refractivity (Wildman–Crippen MR) is 151 cm³/mol. The molecule has 0 radical (unpaired) electrons. The molecule has 2 unspecified atom stereocenters. The van der Waals surface area contributed by atoms with Gasteiger partial charge in [-0.15, -0.1) is 13.2 Å². The third-order valence-corrected chi connectivity index (χ3v) is 6.84. The van der Waals surface area contributed by atoms with Crippen molar-refractivity contribution in [2.45, 2.75) is 64.0 Å². The summed E-state index contributed by atoms with van der Waals surface area (Å²) in [5, 5.41) is 2.85. The van der Waals surface area contributed by atoms with E-state index in [-0.39, 0.29) is 17.9 Å². The number of alkyl halides is 6. The molecule has 0 heterocycles. The number of carbonyl (C=O) groups is 2. The van der Waals surface area contributed by atoms with E-state index in [9.17, 15) is 35.9 Å². The molecule has 0 spiro atoms. The third kappa shape index (κ3) is 9.39.